The Hall–Kier alpha value is -3.41. The van der Waals surface area contributed by atoms with Crippen molar-refractivity contribution < 1.29 is 5.11 Å². The van der Waals surface area contributed by atoms with Crippen molar-refractivity contribution in [2.45, 2.75) is 0 Å². The molecule has 0 saturated heterocycles. The second kappa shape index (κ2) is 6.15. The zero-order valence-electron chi connectivity index (χ0n) is 12.2. The Labute approximate surface area is 133 Å². The van der Waals surface area contributed by atoms with Crippen LogP contribution in [0.15, 0.2) is 54.7 Å². The fourth-order valence-corrected chi connectivity index (χ4v) is 2.14. The summed E-state index contributed by atoms with van der Waals surface area (Å²) in [6.07, 6.45) is 2.85. The summed E-state index contributed by atoms with van der Waals surface area (Å²) >= 11 is 0. The summed E-state index contributed by atoms with van der Waals surface area (Å²) in [7, 11) is 0. The first-order valence-corrected chi connectivity index (χ1v) is 6.95. The van der Waals surface area contributed by atoms with Crippen molar-refractivity contribution in [2.24, 2.45) is 0 Å². The van der Waals surface area contributed by atoms with Crippen molar-refractivity contribution in [2.75, 3.05) is 11.1 Å². The molecule has 0 saturated carbocycles. The molecule has 6 nitrogen and oxygen atoms in total. The van der Waals surface area contributed by atoms with Crippen molar-refractivity contribution in [1.29, 1.82) is 5.41 Å². The molecule has 6 heteroatoms. The lowest BCUT2D eigenvalue weighted by Crippen LogP contribution is -1.99. The first-order chi connectivity index (χ1) is 11.2. The van der Waals surface area contributed by atoms with Gasteiger partial charge < -0.3 is 21.6 Å². The van der Waals surface area contributed by atoms with Crippen LogP contribution >= 0.6 is 0 Å². The molecule has 2 aromatic carbocycles. The van der Waals surface area contributed by atoms with Gasteiger partial charge in [0, 0.05) is 34.9 Å². The van der Waals surface area contributed by atoms with Crippen molar-refractivity contribution in [3.63, 3.8) is 0 Å². The number of nitrogens with zero attached hydrogens (tertiary/aromatic N) is 2. The number of aromatic nitrogens is 2. The van der Waals surface area contributed by atoms with E-state index in [9.17, 15) is 5.11 Å². The van der Waals surface area contributed by atoms with Gasteiger partial charge in [0.05, 0.1) is 0 Å². The third kappa shape index (κ3) is 3.26. The highest BCUT2D eigenvalue weighted by Crippen LogP contribution is 2.23. The Morgan fingerprint density at radius 2 is 2.00 bits per heavy atom. The molecule has 0 fully saturated rings. The van der Waals surface area contributed by atoms with E-state index in [4.69, 9.17) is 11.1 Å². The number of hydrogen-bond donors (Lipinski definition) is 4. The van der Waals surface area contributed by atoms with Crippen LogP contribution in [0, 0.1) is 5.41 Å². The van der Waals surface area contributed by atoms with Crippen LogP contribution in [0.4, 0.5) is 17.2 Å². The van der Waals surface area contributed by atoms with E-state index in [0.29, 0.717) is 22.9 Å². The summed E-state index contributed by atoms with van der Waals surface area (Å²) < 4.78 is 0. The SMILES string of the molecule is N=Cc1cc(Nc2ccnc(-c3cccc(O)c3)n2)ccc1N. The number of rotatable bonds is 4. The standard InChI is InChI=1S/C17H15N5O/c18-10-12-8-13(4-5-15(12)19)21-16-6-7-20-17(22-16)11-2-1-3-14(23)9-11/h1-10,18,23H,19H2,(H,20,21,22). The number of phenolic OH excluding ortho intramolecular Hbond substituents is 1. The van der Waals surface area contributed by atoms with E-state index in [2.05, 4.69) is 15.3 Å². The van der Waals surface area contributed by atoms with Crippen LogP contribution in [-0.4, -0.2) is 21.3 Å². The molecule has 0 amide bonds. The number of nitrogens with two attached hydrogens (primary N) is 1. The third-order valence-electron chi connectivity index (χ3n) is 3.27. The van der Waals surface area contributed by atoms with Crippen LogP contribution in [0.3, 0.4) is 0 Å². The van der Waals surface area contributed by atoms with Gasteiger partial charge in [-0.15, -0.1) is 0 Å². The molecule has 0 aliphatic rings. The highest BCUT2D eigenvalue weighted by Gasteiger charge is 2.05. The second-order valence-corrected chi connectivity index (χ2v) is 4.93. The molecular weight excluding hydrogens is 290 g/mol. The van der Waals surface area contributed by atoms with Gasteiger partial charge in [-0.2, -0.15) is 0 Å². The number of aromatic hydroxyl groups is 1. The van der Waals surface area contributed by atoms with Gasteiger partial charge in [0.1, 0.15) is 11.6 Å². The Bertz CT molecular complexity index is 863. The Balaban J connectivity index is 1.90. The topological polar surface area (TPSA) is 108 Å². The molecule has 23 heavy (non-hydrogen) atoms. The average molecular weight is 305 g/mol. The quantitative estimate of drug-likeness (QED) is 0.437. The van der Waals surface area contributed by atoms with Crippen LogP contribution in [0.25, 0.3) is 11.4 Å². The number of benzene rings is 2. The molecule has 1 heterocycles. The third-order valence-corrected chi connectivity index (χ3v) is 3.27. The average Bonchev–Trinajstić information content (AvgIpc) is 2.57. The first-order valence-electron chi connectivity index (χ1n) is 6.95. The molecule has 3 aromatic rings. The van der Waals surface area contributed by atoms with Crippen molar-refractivity contribution >= 4 is 23.4 Å². The van der Waals surface area contributed by atoms with Crippen molar-refractivity contribution in [3.8, 4) is 17.1 Å². The Kier molecular flexibility index (Phi) is 3.88. The maximum absolute atomic E-state index is 9.56. The van der Waals surface area contributed by atoms with E-state index in [1.54, 1.807) is 42.6 Å². The van der Waals surface area contributed by atoms with Gasteiger partial charge in [-0.1, -0.05) is 12.1 Å². The maximum atomic E-state index is 9.56. The van der Waals surface area contributed by atoms with E-state index in [-0.39, 0.29) is 5.75 Å². The number of hydrogen-bond acceptors (Lipinski definition) is 6. The second-order valence-electron chi connectivity index (χ2n) is 4.93. The summed E-state index contributed by atoms with van der Waals surface area (Å²) in [4.78, 5) is 8.66. The highest BCUT2D eigenvalue weighted by molar-refractivity contribution is 5.87. The zero-order chi connectivity index (χ0) is 16.2. The predicted molar refractivity (Wildman–Crippen MR) is 91.2 cm³/mol. The van der Waals surface area contributed by atoms with Crippen molar-refractivity contribution in [1.82, 2.24) is 9.97 Å². The summed E-state index contributed by atoms with van der Waals surface area (Å²) in [5.74, 6) is 1.28. The fourth-order valence-electron chi connectivity index (χ4n) is 2.14. The van der Waals surface area contributed by atoms with Gasteiger partial charge in [0.25, 0.3) is 0 Å². The minimum absolute atomic E-state index is 0.165. The highest BCUT2D eigenvalue weighted by atomic mass is 16.3. The van der Waals surface area contributed by atoms with E-state index < -0.39 is 0 Å². The minimum atomic E-state index is 0.165. The van der Waals surface area contributed by atoms with Gasteiger partial charge in [0.2, 0.25) is 0 Å². The number of phenols is 1. The Morgan fingerprint density at radius 1 is 1.13 bits per heavy atom. The van der Waals surface area contributed by atoms with Crippen LogP contribution in [-0.2, 0) is 0 Å². The number of nitrogen functional groups attached to an aromatic ring is 1. The lowest BCUT2D eigenvalue weighted by atomic mass is 10.1. The summed E-state index contributed by atoms with van der Waals surface area (Å²) in [5, 5.41) is 20.1. The molecule has 0 aliphatic heterocycles. The molecule has 0 radical (unpaired) electrons. The number of nitrogens with one attached hydrogen (secondary N) is 2. The van der Waals surface area contributed by atoms with Crippen LogP contribution < -0.4 is 11.1 Å². The molecule has 5 N–H and O–H groups in total. The molecule has 1 aromatic heterocycles. The van der Waals surface area contributed by atoms with E-state index >= 15 is 0 Å². The van der Waals surface area contributed by atoms with Gasteiger partial charge >= 0.3 is 0 Å². The first kappa shape index (κ1) is 14.5. The monoisotopic (exact) mass is 305 g/mol. The summed E-state index contributed by atoms with van der Waals surface area (Å²) in [6.45, 7) is 0. The van der Waals surface area contributed by atoms with Gasteiger partial charge in [0.15, 0.2) is 5.82 Å². The molecule has 0 bridgehead atoms. The van der Waals surface area contributed by atoms with Gasteiger partial charge in [-0.3, -0.25) is 0 Å². The Morgan fingerprint density at radius 3 is 2.78 bits per heavy atom. The zero-order valence-corrected chi connectivity index (χ0v) is 12.2. The lowest BCUT2D eigenvalue weighted by Gasteiger charge is -2.09. The molecular formula is C17H15N5O. The fraction of sp³-hybridized carbons (Fsp3) is 0. The van der Waals surface area contributed by atoms with Gasteiger partial charge in [-0.25, -0.2) is 9.97 Å². The van der Waals surface area contributed by atoms with Gasteiger partial charge in [-0.05, 0) is 36.4 Å². The van der Waals surface area contributed by atoms with Crippen molar-refractivity contribution in [3.05, 3.63) is 60.3 Å². The minimum Gasteiger partial charge on any atom is -0.508 e. The number of anilines is 3. The maximum Gasteiger partial charge on any atom is 0.161 e. The molecule has 0 unspecified atom stereocenters. The summed E-state index contributed by atoms with van der Waals surface area (Å²) in [5.41, 5.74) is 8.47. The molecule has 114 valence electrons. The van der Waals surface area contributed by atoms with E-state index in [0.717, 1.165) is 11.3 Å². The summed E-state index contributed by atoms with van der Waals surface area (Å²) in [6, 6.07) is 13.8. The molecule has 0 aliphatic carbocycles. The van der Waals surface area contributed by atoms with Crippen LogP contribution in [0.5, 0.6) is 5.75 Å². The van der Waals surface area contributed by atoms with E-state index in [1.165, 1.54) is 6.21 Å². The normalized spacial score (nSPS) is 10.3. The van der Waals surface area contributed by atoms with Crippen LogP contribution in [0.2, 0.25) is 0 Å². The molecule has 3 rings (SSSR count). The molecule has 0 atom stereocenters. The molecule has 0 spiro atoms. The predicted octanol–water partition coefficient (Wildman–Crippen LogP) is 3.17. The lowest BCUT2D eigenvalue weighted by molar-refractivity contribution is 0.475. The van der Waals surface area contributed by atoms with E-state index in [1.807, 2.05) is 12.1 Å². The smallest absolute Gasteiger partial charge is 0.161 e. The largest absolute Gasteiger partial charge is 0.508 e. The van der Waals surface area contributed by atoms with Crippen LogP contribution in [0.1, 0.15) is 5.56 Å².